The Kier molecular flexibility index (Phi) is 11.6. The van der Waals surface area contributed by atoms with Gasteiger partial charge in [-0.1, -0.05) is 52.2 Å². The third kappa shape index (κ3) is 9.01. The second-order valence-corrected chi connectivity index (χ2v) is 14.2. The lowest BCUT2D eigenvalue weighted by atomic mass is 9.85. The summed E-state index contributed by atoms with van der Waals surface area (Å²) in [6.07, 6.45) is 4.57. The maximum atomic E-state index is 14.5. The molecule has 1 aromatic heterocycles. The molecule has 2 aromatic rings. The van der Waals surface area contributed by atoms with E-state index in [9.17, 15) is 23.9 Å². The van der Waals surface area contributed by atoms with Gasteiger partial charge < -0.3 is 31.1 Å². The lowest BCUT2D eigenvalue weighted by Gasteiger charge is -2.35. The Bertz CT molecular complexity index is 1340. The molecule has 1 saturated carbocycles. The van der Waals surface area contributed by atoms with Gasteiger partial charge in [-0.2, -0.15) is 0 Å². The molecule has 3 atom stereocenters. The molecule has 1 saturated heterocycles. The van der Waals surface area contributed by atoms with Crippen LogP contribution in [0, 0.1) is 12.3 Å². The van der Waals surface area contributed by atoms with Crippen molar-refractivity contribution >= 4 is 29.1 Å². The molecule has 5 N–H and O–H groups in total. The van der Waals surface area contributed by atoms with Crippen LogP contribution in [0.15, 0.2) is 23.7 Å². The molecule has 1 aliphatic carbocycles. The molecule has 12 heteroatoms. The van der Waals surface area contributed by atoms with Gasteiger partial charge in [-0.25, -0.2) is 9.37 Å². The average Bonchev–Trinajstić information content (AvgIpc) is 3.40. The van der Waals surface area contributed by atoms with E-state index >= 15 is 0 Å². The van der Waals surface area contributed by atoms with Crippen LogP contribution in [0.5, 0.6) is 5.75 Å². The molecular weight excluding hydrogens is 597 g/mol. The minimum Gasteiger partial charge on any atom is -0.493 e. The minimum absolute atomic E-state index is 0.0529. The van der Waals surface area contributed by atoms with Crippen LogP contribution >= 0.6 is 11.3 Å². The Balaban J connectivity index is 1.45. The van der Waals surface area contributed by atoms with Gasteiger partial charge in [-0.15, -0.1) is 11.3 Å². The monoisotopic (exact) mass is 645 g/mol. The van der Waals surface area contributed by atoms with Crippen molar-refractivity contribution in [1.29, 1.82) is 0 Å². The average molecular weight is 646 g/mol. The molecule has 4 rings (SSSR count). The van der Waals surface area contributed by atoms with E-state index in [-0.39, 0.29) is 32.4 Å². The van der Waals surface area contributed by atoms with Gasteiger partial charge in [-0.3, -0.25) is 14.4 Å². The molecule has 1 aromatic carbocycles. The van der Waals surface area contributed by atoms with Crippen LogP contribution in [0.25, 0.3) is 10.4 Å². The highest BCUT2D eigenvalue weighted by Gasteiger charge is 2.53. The topological polar surface area (TPSA) is 147 Å². The van der Waals surface area contributed by atoms with Crippen LogP contribution in [-0.4, -0.2) is 76.3 Å². The van der Waals surface area contributed by atoms with E-state index in [1.54, 1.807) is 37.6 Å². The third-order valence-electron chi connectivity index (χ3n) is 8.48. The first-order valence-electron chi connectivity index (χ1n) is 16.0. The first kappa shape index (κ1) is 34.8. The molecule has 0 bridgehead atoms. The van der Waals surface area contributed by atoms with Crippen molar-refractivity contribution in [2.24, 2.45) is 11.1 Å². The van der Waals surface area contributed by atoms with Gasteiger partial charge in [0.25, 0.3) is 5.91 Å². The van der Waals surface area contributed by atoms with Gasteiger partial charge in [0, 0.05) is 25.1 Å². The summed E-state index contributed by atoms with van der Waals surface area (Å²) in [7, 11) is 0. The third-order valence-corrected chi connectivity index (χ3v) is 9.46. The molecule has 10 nitrogen and oxygen atoms in total. The highest BCUT2D eigenvalue weighted by atomic mass is 32.1. The number of hydrogen-bond acceptors (Lipinski definition) is 8. The first-order valence-corrected chi connectivity index (χ1v) is 16.8. The van der Waals surface area contributed by atoms with Gasteiger partial charge >= 0.3 is 0 Å². The maximum absolute atomic E-state index is 14.5. The van der Waals surface area contributed by atoms with Crippen molar-refractivity contribution in [1.82, 2.24) is 20.5 Å². The standard InChI is InChI=1S/C33H48FN5O5S/c1-21-27(45-20-37-21)22-10-11-23(26(16-22)44-15-9-7-5-6-8-14-35)18-36-29(41)25-17-24(40)19-39(25)30(42)28(32(2,3)4)38-31(43)33(34)12-13-33/h10-11,16,20,24-25,28,40H,5-9,12-15,17-19,35H2,1-4H3,(H,36,41)(H,38,43)/t24?,25?,28-/m1/s1. The Hall–Kier alpha value is -3.09. The summed E-state index contributed by atoms with van der Waals surface area (Å²) in [6.45, 7) is 8.62. The van der Waals surface area contributed by atoms with Crippen molar-refractivity contribution in [2.75, 3.05) is 19.7 Å². The van der Waals surface area contributed by atoms with E-state index in [4.69, 9.17) is 10.5 Å². The fourth-order valence-electron chi connectivity index (χ4n) is 5.53. The second-order valence-electron chi connectivity index (χ2n) is 13.3. The Labute approximate surface area is 269 Å². The molecule has 3 amide bonds. The van der Waals surface area contributed by atoms with Crippen LogP contribution in [0.3, 0.4) is 0 Å². The molecule has 2 unspecified atom stereocenters. The number of aryl methyl sites for hydroxylation is 1. The van der Waals surface area contributed by atoms with E-state index in [2.05, 4.69) is 15.6 Å². The zero-order valence-electron chi connectivity index (χ0n) is 26.9. The summed E-state index contributed by atoms with van der Waals surface area (Å²) >= 11 is 1.55. The number of nitrogens with two attached hydrogens (primary N) is 1. The number of alkyl halides is 1. The van der Waals surface area contributed by atoms with Gasteiger partial charge in [0.05, 0.1) is 28.8 Å². The fourth-order valence-corrected chi connectivity index (χ4v) is 6.33. The van der Waals surface area contributed by atoms with E-state index in [0.717, 1.165) is 53.8 Å². The number of halogens is 1. The number of nitrogens with one attached hydrogen (secondary N) is 2. The van der Waals surface area contributed by atoms with Crippen LogP contribution < -0.4 is 21.1 Å². The van der Waals surface area contributed by atoms with Crippen molar-refractivity contribution in [2.45, 2.75) is 109 Å². The molecule has 45 heavy (non-hydrogen) atoms. The number of aliphatic hydroxyl groups excluding tert-OH is 1. The predicted octanol–water partition coefficient (Wildman–Crippen LogP) is 4.02. The fraction of sp³-hybridized carbons (Fsp3) is 0.636. The molecule has 1 aliphatic heterocycles. The number of benzene rings is 1. The number of nitrogens with zero attached hydrogens (tertiary/aromatic N) is 2. The number of carbonyl (C=O) groups is 3. The molecule has 2 aliphatic rings. The highest BCUT2D eigenvalue weighted by Crippen LogP contribution is 2.40. The van der Waals surface area contributed by atoms with Crippen LogP contribution in [0.2, 0.25) is 0 Å². The van der Waals surface area contributed by atoms with Crippen molar-refractivity contribution < 1.29 is 28.6 Å². The molecule has 248 valence electrons. The van der Waals surface area contributed by atoms with Gasteiger partial charge in [-0.05, 0) is 56.2 Å². The zero-order chi connectivity index (χ0) is 32.8. The van der Waals surface area contributed by atoms with E-state index < -0.39 is 47.0 Å². The number of β-amino-alcohol motifs (C(OH)–C–C–N with tert-alkyl or cyclic N) is 1. The van der Waals surface area contributed by atoms with Crippen molar-refractivity contribution in [3.05, 3.63) is 35.0 Å². The summed E-state index contributed by atoms with van der Waals surface area (Å²) in [5.74, 6) is -1.08. The molecule has 2 fully saturated rings. The van der Waals surface area contributed by atoms with Crippen molar-refractivity contribution in [3.63, 3.8) is 0 Å². The summed E-state index contributed by atoms with van der Waals surface area (Å²) in [5, 5.41) is 16.0. The number of aromatic nitrogens is 1. The Morgan fingerprint density at radius 1 is 1.20 bits per heavy atom. The van der Waals surface area contributed by atoms with Gasteiger partial charge in [0.1, 0.15) is 17.8 Å². The number of amides is 3. The second kappa shape index (κ2) is 15.0. The van der Waals surface area contributed by atoms with Gasteiger partial charge in [0.15, 0.2) is 5.67 Å². The molecular formula is C33H48FN5O5S. The lowest BCUT2D eigenvalue weighted by molar-refractivity contribution is -0.145. The van der Waals surface area contributed by atoms with E-state index in [1.165, 1.54) is 4.90 Å². The summed E-state index contributed by atoms with van der Waals surface area (Å²) in [5.41, 5.74) is 7.40. The number of thiazole rings is 1. The normalized spacial score (nSPS) is 19.7. The summed E-state index contributed by atoms with van der Waals surface area (Å²) < 4.78 is 20.7. The minimum atomic E-state index is -1.94. The first-order chi connectivity index (χ1) is 21.3. The number of unbranched alkanes of at least 4 members (excludes halogenated alkanes) is 4. The summed E-state index contributed by atoms with van der Waals surface area (Å²) in [6, 6.07) is 3.88. The van der Waals surface area contributed by atoms with Gasteiger partial charge in [0.2, 0.25) is 11.8 Å². The largest absolute Gasteiger partial charge is 0.493 e. The number of rotatable bonds is 15. The predicted molar refractivity (Wildman–Crippen MR) is 172 cm³/mol. The quantitative estimate of drug-likeness (QED) is 0.214. The molecule has 0 spiro atoms. The van der Waals surface area contributed by atoms with Crippen LogP contribution in [0.4, 0.5) is 4.39 Å². The highest BCUT2D eigenvalue weighted by molar-refractivity contribution is 7.13. The number of hydrogen-bond donors (Lipinski definition) is 4. The Morgan fingerprint density at radius 2 is 1.91 bits per heavy atom. The van der Waals surface area contributed by atoms with Crippen LogP contribution in [-0.2, 0) is 20.9 Å². The number of ether oxygens (including phenoxy) is 1. The molecule has 2 heterocycles. The lowest BCUT2D eigenvalue weighted by Crippen LogP contribution is -2.59. The smallest absolute Gasteiger partial charge is 0.258 e. The van der Waals surface area contributed by atoms with Crippen LogP contribution in [0.1, 0.15) is 83.4 Å². The van der Waals surface area contributed by atoms with E-state index in [0.29, 0.717) is 18.9 Å². The maximum Gasteiger partial charge on any atom is 0.258 e. The van der Waals surface area contributed by atoms with Crippen molar-refractivity contribution in [3.8, 4) is 16.2 Å². The zero-order valence-corrected chi connectivity index (χ0v) is 27.7. The molecule has 0 radical (unpaired) electrons. The summed E-state index contributed by atoms with van der Waals surface area (Å²) in [4.78, 5) is 46.5. The number of aliphatic hydroxyl groups is 1. The van der Waals surface area contributed by atoms with E-state index in [1.807, 2.05) is 25.1 Å². The SMILES string of the molecule is Cc1ncsc1-c1ccc(CNC(=O)C2CC(O)CN2C(=O)[C@@H](NC(=O)C2(F)CC2)C(C)(C)C)c(OCCCCCCCN)c1. The number of carbonyl (C=O) groups excluding carboxylic acids is 3. The Morgan fingerprint density at radius 3 is 2.56 bits per heavy atom. The number of likely N-dealkylation sites (tertiary alicyclic amines) is 1.